The van der Waals surface area contributed by atoms with E-state index in [9.17, 15) is 37.5 Å². The number of sulfone groups is 1. The highest BCUT2D eigenvalue weighted by Gasteiger charge is 2.34. The molecule has 0 radical (unpaired) electrons. The Morgan fingerprint density at radius 3 is 1.81 bits per heavy atom. The van der Waals surface area contributed by atoms with Crippen LogP contribution in [0.4, 0.5) is 4.79 Å². The van der Waals surface area contributed by atoms with Gasteiger partial charge in [-0.2, -0.15) is 0 Å². The quantitative estimate of drug-likeness (QED) is 0.116. The summed E-state index contributed by atoms with van der Waals surface area (Å²) in [7, 11) is -3.54. The van der Waals surface area contributed by atoms with Crippen molar-refractivity contribution in [2.45, 2.75) is 131 Å². The summed E-state index contributed by atoms with van der Waals surface area (Å²) < 4.78 is 29.4. The number of alkyl carbamates (subject to hydrolysis) is 1. The molecule has 0 heterocycles. The van der Waals surface area contributed by atoms with E-state index in [4.69, 9.17) is 4.74 Å². The second kappa shape index (κ2) is 21.1. The van der Waals surface area contributed by atoms with Gasteiger partial charge in [-0.25, -0.2) is 13.2 Å². The molecule has 0 saturated carbocycles. The monoisotopic (exact) mass is 753 g/mol. The highest BCUT2D eigenvalue weighted by Crippen LogP contribution is 2.17. The third-order valence-electron chi connectivity index (χ3n) is 8.15. The average molecular weight is 754 g/mol. The fourth-order valence-corrected chi connectivity index (χ4v) is 5.96. The molecule has 0 fully saturated rings. The number of carbonyl (C=O) groups excluding carboxylic acids is 5. The number of ether oxygens (including phenoxy) is 1. The van der Waals surface area contributed by atoms with E-state index in [1.807, 2.05) is 58.0 Å². The number of benzene rings is 1. The SMILES string of the molecule is CC(C)C[C@H](NC(=O)[C@H](CCS(C)(=O)=O)NC(=O)[C@@H](NC(=O)OC(C)(C)C)C(C)C)[C@@H](O)C[C@@H](C)C(=O)N[C@H](C(=O)NCc1ccccc1)C(C)C. The summed E-state index contributed by atoms with van der Waals surface area (Å²) >= 11 is 0. The van der Waals surface area contributed by atoms with Gasteiger partial charge in [0.05, 0.1) is 17.9 Å². The van der Waals surface area contributed by atoms with Crippen LogP contribution in [0.25, 0.3) is 0 Å². The van der Waals surface area contributed by atoms with Gasteiger partial charge in [-0.15, -0.1) is 0 Å². The summed E-state index contributed by atoms with van der Waals surface area (Å²) in [6, 6.07) is 5.26. The molecule has 0 unspecified atom stereocenters. The molecule has 296 valence electrons. The first-order valence-electron chi connectivity index (χ1n) is 18.0. The van der Waals surface area contributed by atoms with E-state index in [0.29, 0.717) is 13.0 Å². The normalized spacial score (nSPS) is 15.5. The Morgan fingerprint density at radius 2 is 1.31 bits per heavy atom. The van der Waals surface area contributed by atoms with Crippen LogP contribution in [-0.4, -0.2) is 91.1 Å². The third kappa shape index (κ3) is 18.2. The van der Waals surface area contributed by atoms with Gasteiger partial charge in [0.25, 0.3) is 0 Å². The number of aliphatic hydroxyl groups is 1. The molecule has 1 aromatic rings. The van der Waals surface area contributed by atoms with E-state index in [0.717, 1.165) is 11.8 Å². The van der Waals surface area contributed by atoms with Crippen LogP contribution < -0.4 is 26.6 Å². The second-order valence-corrected chi connectivity index (χ2v) is 18.0. The number of aliphatic hydroxyl groups excluding tert-OH is 1. The summed E-state index contributed by atoms with van der Waals surface area (Å²) in [6.45, 7) is 17.7. The minimum atomic E-state index is -3.54. The summed E-state index contributed by atoms with van der Waals surface area (Å²) in [4.78, 5) is 65.9. The van der Waals surface area contributed by atoms with Crippen molar-refractivity contribution in [1.82, 2.24) is 26.6 Å². The predicted octanol–water partition coefficient (Wildman–Crippen LogP) is 2.83. The molecule has 6 atom stereocenters. The van der Waals surface area contributed by atoms with E-state index in [1.165, 1.54) is 0 Å². The average Bonchev–Trinajstić information content (AvgIpc) is 3.01. The fourth-order valence-electron chi connectivity index (χ4n) is 5.29. The van der Waals surface area contributed by atoms with Gasteiger partial charge in [0, 0.05) is 18.7 Å². The van der Waals surface area contributed by atoms with Gasteiger partial charge in [0.1, 0.15) is 33.6 Å². The topological polar surface area (TPSA) is 209 Å². The molecule has 0 aliphatic heterocycles. The molecule has 0 aromatic heterocycles. The first kappa shape index (κ1) is 46.3. The maximum absolute atomic E-state index is 13.7. The van der Waals surface area contributed by atoms with Crippen LogP contribution in [0.5, 0.6) is 0 Å². The first-order valence-corrected chi connectivity index (χ1v) is 20.0. The van der Waals surface area contributed by atoms with Crippen molar-refractivity contribution in [3.05, 3.63) is 35.9 Å². The van der Waals surface area contributed by atoms with Crippen molar-refractivity contribution in [2.75, 3.05) is 12.0 Å². The number of hydrogen-bond acceptors (Lipinski definition) is 9. The highest BCUT2D eigenvalue weighted by molar-refractivity contribution is 7.90. The lowest BCUT2D eigenvalue weighted by Gasteiger charge is -2.31. The van der Waals surface area contributed by atoms with Gasteiger partial charge < -0.3 is 36.4 Å². The van der Waals surface area contributed by atoms with Crippen molar-refractivity contribution < 1.29 is 42.2 Å². The Morgan fingerprint density at radius 1 is 0.750 bits per heavy atom. The molecule has 0 bridgehead atoms. The molecule has 0 spiro atoms. The maximum atomic E-state index is 13.7. The number of hydrogen-bond donors (Lipinski definition) is 6. The van der Waals surface area contributed by atoms with Crippen LogP contribution >= 0.6 is 0 Å². The Hall–Kier alpha value is -3.72. The van der Waals surface area contributed by atoms with Crippen LogP contribution in [0.3, 0.4) is 0 Å². The van der Waals surface area contributed by atoms with E-state index >= 15 is 0 Å². The Balaban J connectivity index is 3.10. The van der Waals surface area contributed by atoms with E-state index in [1.54, 1.807) is 41.5 Å². The van der Waals surface area contributed by atoms with Crippen LogP contribution in [0.15, 0.2) is 30.3 Å². The molecule has 52 heavy (non-hydrogen) atoms. The molecule has 14 nitrogen and oxygen atoms in total. The van der Waals surface area contributed by atoms with Gasteiger partial charge in [0.15, 0.2) is 0 Å². The van der Waals surface area contributed by atoms with E-state index < -0.39 is 87.1 Å². The zero-order valence-electron chi connectivity index (χ0n) is 32.7. The van der Waals surface area contributed by atoms with Crippen LogP contribution in [0.1, 0.15) is 94.1 Å². The summed E-state index contributed by atoms with van der Waals surface area (Å²) in [6.07, 6.45) is -1.04. The van der Waals surface area contributed by atoms with E-state index in [2.05, 4.69) is 26.6 Å². The number of amides is 5. The number of nitrogens with one attached hydrogen (secondary N) is 5. The molecule has 0 aliphatic carbocycles. The smallest absolute Gasteiger partial charge is 0.408 e. The first-order chi connectivity index (χ1) is 23.9. The number of rotatable bonds is 20. The maximum Gasteiger partial charge on any atom is 0.408 e. The van der Waals surface area contributed by atoms with Crippen LogP contribution in [-0.2, 0) is 40.3 Å². The fraction of sp³-hybridized carbons (Fsp3) is 0.703. The highest BCUT2D eigenvalue weighted by atomic mass is 32.2. The molecule has 5 amide bonds. The van der Waals surface area contributed by atoms with Gasteiger partial charge in [0.2, 0.25) is 23.6 Å². The molecule has 1 rings (SSSR count). The van der Waals surface area contributed by atoms with Crippen LogP contribution in [0.2, 0.25) is 0 Å². The van der Waals surface area contributed by atoms with Gasteiger partial charge >= 0.3 is 6.09 Å². The van der Waals surface area contributed by atoms with Crippen molar-refractivity contribution in [3.63, 3.8) is 0 Å². The zero-order chi connectivity index (χ0) is 40.0. The lowest BCUT2D eigenvalue weighted by Crippen LogP contribution is -2.58. The summed E-state index contributed by atoms with van der Waals surface area (Å²) in [5, 5.41) is 24.9. The molecule has 0 saturated heterocycles. The minimum absolute atomic E-state index is 0.00451. The minimum Gasteiger partial charge on any atom is -0.444 e. The van der Waals surface area contributed by atoms with Crippen molar-refractivity contribution in [2.24, 2.45) is 23.7 Å². The molecule has 1 aromatic carbocycles. The Kier molecular flexibility index (Phi) is 18.8. The third-order valence-corrected chi connectivity index (χ3v) is 9.13. The molecular formula is C37H63N5O9S. The van der Waals surface area contributed by atoms with Gasteiger partial charge in [-0.1, -0.05) is 78.8 Å². The molecule has 6 N–H and O–H groups in total. The van der Waals surface area contributed by atoms with E-state index in [-0.39, 0.29) is 30.6 Å². The Bertz CT molecular complexity index is 1430. The lowest BCUT2D eigenvalue weighted by molar-refractivity contribution is -0.133. The van der Waals surface area contributed by atoms with Crippen molar-refractivity contribution >= 4 is 39.6 Å². The van der Waals surface area contributed by atoms with Gasteiger partial charge in [-0.05, 0) is 63.4 Å². The second-order valence-electron chi connectivity index (χ2n) is 15.7. The van der Waals surface area contributed by atoms with Crippen LogP contribution in [0, 0.1) is 23.7 Å². The zero-order valence-corrected chi connectivity index (χ0v) is 33.6. The Labute approximate surface area is 310 Å². The molecular weight excluding hydrogens is 690 g/mol. The predicted molar refractivity (Wildman–Crippen MR) is 200 cm³/mol. The lowest BCUT2D eigenvalue weighted by atomic mass is 9.91. The summed E-state index contributed by atoms with van der Waals surface area (Å²) in [5.74, 6) is -4.04. The molecule has 0 aliphatic rings. The standard InChI is InChI=1S/C37H63N5O9S/c1-22(2)19-28(29(43)20-25(7)32(44)41-30(23(3)4)34(46)38-21-26-15-13-12-14-16-26)40-33(45)27(17-18-52(11,49)50)39-35(47)31(24(5)6)42-36(48)51-37(8,9)10/h12-16,22-25,27-31,43H,17-21H2,1-11H3,(H,38,46)(H,39,47)(H,40,45)(H,41,44)(H,42,48)/t25-,27+,28+,29+,30+,31+/m1/s1. The largest absolute Gasteiger partial charge is 0.444 e. The van der Waals surface area contributed by atoms with Gasteiger partial charge in [-0.3, -0.25) is 19.2 Å². The van der Waals surface area contributed by atoms with Crippen molar-refractivity contribution in [1.29, 1.82) is 0 Å². The number of carbonyl (C=O) groups is 5. The molecule has 15 heteroatoms. The summed E-state index contributed by atoms with van der Waals surface area (Å²) in [5.41, 5.74) is 0.0901. The van der Waals surface area contributed by atoms with Crippen molar-refractivity contribution in [3.8, 4) is 0 Å².